The highest BCUT2D eigenvalue weighted by atomic mass is 35.5. The van der Waals surface area contributed by atoms with Gasteiger partial charge in [0.1, 0.15) is 12.4 Å². The molecule has 1 saturated heterocycles. The number of benzene rings is 2. The molecule has 32 heavy (non-hydrogen) atoms. The van der Waals surface area contributed by atoms with Crippen molar-refractivity contribution in [2.75, 3.05) is 31.6 Å². The first kappa shape index (κ1) is 23.1. The average Bonchev–Trinajstić information content (AvgIpc) is 3.26. The molecule has 1 N–H and O–H groups in total. The third-order valence-corrected chi connectivity index (χ3v) is 7.27. The highest BCUT2D eigenvalue weighted by molar-refractivity contribution is 6.30. The number of rotatable bonds is 7. The molecular weight excluding hydrogens is 420 g/mol. The minimum absolute atomic E-state index is 0.0688. The number of anilines is 1. The quantitative estimate of drug-likeness (QED) is 0.545. The van der Waals surface area contributed by atoms with Crippen LogP contribution in [0.25, 0.3) is 0 Å². The highest BCUT2D eigenvalue weighted by Crippen LogP contribution is 2.42. The van der Waals surface area contributed by atoms with Crippen molar-refractivity contribution in [3.8, 4) is 5.75 Å². The smallest absolute Gasteiger partial charge is 0.235 e. The van der Waals surface area contributed by atoms with Gasteiger partial charge < -0.3 is 10.1 Å². The summed E-state index contributed by atoms with van der Waals surface area (Å²) in [6, 6.07) is 15.5. The highest BCUT2D eigenvalue weighted by Gasteiger charge is 2.42. The fourth-order valence-corrected chi connectivity index (χ4v) is 5.67. The molecule has 2 aromatic carbocycles. The van der Waals surface area contributed by atoms with Gasteiger partial charge in [-0.3, -0.25) is 9.69 Å². The van der Waals surface area contributed by atoms with Crippen LogP contribution in [-0.4, -0.2) is 37.0 Å². The monoisotopic (exact) mass is 454 g/mol. The van der Waals surface area contributed by atoms with Gasteiger partial charge in [-0.25, -0.2) is 0 Å². The molecule has 4 rings (SSSR count). The van der Waals surface area contributed by atoms with E-state index >= 15 is 0 Å². The van der Waals surface area contributed by atoms with Crippen molar-refractivity contribution in [2.45, 2.75) is 51.4 Å². The van der Waals surface area contributed by atoms with Gasteiger partial charge in [0.2, 0.25) is 5.91 Å². The Bertz CT molecular complexity index is 881. The van der Waals surface area contributed by atoms with Crippen LogP contribution in [0, 0.1) is 11.8 Å². The number of ether oxygens (including phenoxy) is 1. The molecule has 5 heteroatoms. The van der Waals surface area contributed by atoms with E-state index in [-0.39, 0.29) is 5.91 Å². The predicted octanol–water partition coefficient (Wildman–Crippen LogP) is 6.15. The maximum Gasteiger partial charge on any atom is 0.235 e. The van der Waals surface area contributed by atoms with Crippen molar-refractivity contribution >= 4 is 23.2 Å². The molecule has 4 nitrogen and oxygen atoms in total. The molecule has 0 unspecified atom stereocenters. The van der Waals surface area contributed by atoms with Gasteiger partial charge in [-0.1, -0.05) is 50.4 Å². The summed E-state index contributed by atoms with van der Waals surface area (Å²) in [6.45, 7) is 8.63. The second-order valence-corrected chi connectivity index (χ2v) is 10.3. The molecule has 1 saturated carbocycles. The Morgan fingerprint density at radius 3 is 2.28 bits per heavy atom. The summed E-state index contributed by atoms with van der Waals surface area (Å²) in [5.74, 6) is 2.43. The lowest BCUT2D eigenvalue weighted by Gasteiger charge is -2.34. The van der Waals surface area contributed by atoms with E-state index in [9.17, 15) is 4.79 Å². The minimum Gasteiger partial charge on any atom is -0.492 e. The number of amides is 1. The molecule has 1 aliphatic carbocycles. The first-order chi connectivity index (χ1) is 15.4. The van der Waals surface area contributed by atoms with Crippen LogP contribution in [0.3, 0.4) is 0 Å². The Hall–Kier alpha value is -2.04. The number of carbonyl (C=O) groups excluding carboxylic acids is 1. The van der Waals surface area contributed by atoms with E-state index in [0.29, 0.717) is 11.6 Å². The summed E-state index contributed by atoms with van der Waals surface area (Å²) in [6.07, 6.45) is 5.20. The number of halogens is 1. The van der Waals surface area contributed by atoms with Gasteiger partial charge in [0.15, 0.2) is 0 Å². The number of hydrogen-bond acceptors (Lipinski definition) is 3. The molecule has 172 valence electrons. The van der Waals surface area contributed by atoms with Crippen molar-refractivity contribution in [3.63, 3.8) is 0 Å². The third-order valence-electron chi connectivity index (χ3n) is 7.02. The molecule has 0 aromatic heterocycles. The van der Waals surface area contributed by atoms with E-state index in [2.05, 4.69) is 24.1 Å². The van der Waals surface area contributed by atoms with E-state index in [1.807, 2.05) is 48.5 Å². The normalized spacial score (nSPS) is 23.1. The molecular formula is C27H35ClN2O2. The second-order valence-electron chi connectivity index (χ2n) is 9.83. The zero-order valence-electron chi connectivity index (χ0n) is 19.3. The van der Waals surface area contributed by atoms with Gasteiger partial charge >= 0.3 is 0 Å². The van der Waals surface area contributed by atoms with Gasteiger partial charge in [0, 0.05) is 30.3 Å². The topological polar surface area (TPSA) is 41.6 Å². The van der Waals surface area contributed by atoms with Gasteiger partial charge in [0.05, 0.1) is 5.41 Å². The van der Waals surface area contributed by atoms with Crippen LogP contribution in [0.15, 0.2) is 48.5 Å². The van der Waals surface area contributed by atoms with E-state index in [1.165, 1.54) is 6.42 Å². The van der Waals surface area contributed by atoms with Crippen LogP contribution in [0.4, 0.5) is 5.69 Å². The Kier molecular flexibility index (Phi) is 7.42. The van der Waals surface area contributed by atoms with E-state index < -0.39 is 5.41 Å². The largest absolute Gasteiger partial charge is 0.492 e. The maximum atomic E-state index is 13.3. The molecule has 2 atom stereocenters. The lowest BCUT2D eigenvalue weighted by Crippen LogP contribution is -2.40. The standard InChI is InChI=1S/C27H35ClN2O2/c1-20-17-21(2)19-30(18-20)15-16-32-25-11-9-24(10-12-25)29-26(31)27(13-3-4-14-27)22-5-7-23(28)8-6-22/h5-12,20-21H,3-4,13-19H2,1-2H3,(H,29,31)/t20-,21-/m1/s1. The molecule has 2 aromatic rings. The molecule has 1 heterocycles. The second kappa shape index (κ2) is 10.3. The molecule has 1 amide bonds. The zero-order chi connectivity index (χ0) is 22.6. The van der Waals surface area contributed by atoms with Crippen LogP contribution in [0.2, 0.25) is 5.02 Å². The van der Waals surface area contributed by atoms with Gasteiger partial charge in [-0.15, -0.1) is 0 Å². The molecule has 2 aliphatic rings. The number of likely N-dealkylation sites (tertiary alicyclic amines) is 1. The summed E-state index contributed by atoms with van der Waals surface area (Å²) in [5, 5.41) is 3.84. The summed E-state index contributed by atoms with van der Waals surface area (Å²) in [7, 11) is 0. The van der Waals surface area contributed by atoms with Crippen LogP contribution in [0.5, 0.6) is 5.75 Å². The van der Waals surface area contributed by atoms with Gasteiger partial charge in [0.25, 0.3) is 0 Å². The van der Waals surface area contributed by atoms with Crippen molar-refractivity contribution in [1.29, 1.82) is 0 Å². The van der Waals surface area contributed by atoms with E-state index in [4.69, 9.17) is 16.3 Å². The van der Waals surface area contributed by atoms with Crippen LogP contribution >= 0.6 is 11.6 Å². The lowest BCUT2D eigenvalue weighted by atomic mass is 9.78. The number of carbonyl (C=O) groups is 1. The minimum atomic E-state index is -0.470. The fraction of sp³-hybridized carbons (Fsp3) is 0.519. The van der Waals surface area contributed by atoms with Gasteiger partial charge in [-0.2, -0.15) is 0 Å². The molecule has 0 spiro atoms. The Balaban J connectivity index is 1.32. The van der Waals surface area contributed by atoms with Crippen LogP contribution in [0.1, 0.15) is 51.5 Å². The van der Waals surface area contributed by atoms with Gasteiger partial charge in [-0.05, 0) is 73.1 Å². The predicted molar refractivity (Wildman–Crippen MR) is 132 cm³/mol. The first-order valence-corrected chi connectivity index (χ1v) is 12.4. The number of nitrogens with zero attached hydrogens (tertiary/aromatic N) is 1. The SMILES string of the molecule is C[C@@H]1C[C@@H](C)CN(CCOc2ccc(NC(=O)C3(c4ccc(Cl)cc4)CCCC3)cc2)C1. The van der Waals surface area contributed by atoms with Crippen molar-refractivity contribution in [1.82, 2.24) is 4.90 Å². The lowest BCUT2D eigenvalue weighted by molar-refractivity contribution is -0.121. The summed E-state index contributed by atoms with van der Waals surface area (Å²) >= 11 is 6.07. The van der Waals surface area contributed by atoms with Crippen LogP contribution in [-0.2, 0) is 10.2 Å². The molecule has 0 radical (unpaired) electrons. The number of nitrogens with one attached hydrogen (secondary N) is 1. The maximum absolute atomic E-state index is 13.3. The summed E-state index contributed by atoms with van der Waals surface area (Å²) in [5.41, 5.74) is 1.39. The summed E-state index contributed by atoms with van der Waals surface area (Å²) in [4.78, 5) is 15.8. The van der Waals surface area contributed by atoms with Crippen molar-refractivity contribution < 1.29 is 9.53 Å². The zero-order valence-corrected chi connectivity index (χ0v) is 20.0. The Morgan fingerprint density at radius 1 is 1.03 bits per heavy atom. The van der Waals surface area contributed by atoms with E-state index in [1.54, 1.807) is 0 Å². The van der Waals surface area contributed by atoms with Crippen molar-refractivity contribution in [3.05, 3.63) is 59.1 Å². The first-order valence-electron chi connectivity index (χ1n) is 12.0. The fourth-order valence-electron chi connectivity index (χ4n) is 5.55. The van der Waals surface area contributed by atoms with Crippen LogP contribution < -0.4 is 10.1 Å². The Labute approximate surface area is 197 Å². The molecule has 1 aliphatic heterocycles. The number of piperidine rings is 1. The number of hydrogen-bond donors (Lipinski definition) is 1. The van der Waals surface area contributed by atoms with E-state index in [0.717, 1.165) is 74.2 Å². The molecule has 2 fully saturated rings. The Morgan fingerprint density at radius 2 is 1.66 bits per heavy atom. The van der Waals surface area contributed by atoms with Crippen molar-refractivity contribution in [2.24, 2.45) is 11.8 Å². The average molecular weight is 455 g/mol. The summed E-state index contributed by atoms with van der Waals surface area (Å²) < 4.78 is 5.97. The third kappa shape index (κ3) is 5.47. The molecule has 0 bridgehead atoms.